The van der Waals surface area contributed by atoms with E-state index in [1.807, 2.05) is 12.3 Å². The smallest absolute Gasteiger partial charge is 0.222 e. The van der Waals surface area contributed by atoms with Gasteiger partial charge in [0.15, 0.2) is 0 Å². The van der Waals surface area contributed by atoms with Crippen LogP contribution < -0.4 is 5.32 Å². The fourth-order valence-corrected chi connectivity index (χ4v) is 3.80. The zero-order chi connectivity index (χ0) is 14.2. The van der Waals surface area contributed by atoms with E-state index in [1.165, 1.54) is 10.9 Å². The van der Waals surface area contributed by atoms with Crippen molar-refractivity contribution in [3.05, 3.63) is 36.0 Å². The molecule has 2 aliphatic heterocycles. The van der Waals surface area contributed by atoms with Crippen molar-refractivity contribution in [1.29, 1.82) is 0 Å². The maximum atomic E-state index is 12.4. The Kier molecular flexibility index (Phi) is 3.19. The third-order valence-corrected chi connectivity index (χ3v) is 5.03. The van der Waals surface area contributed by atoms with Gasteiger partial charge in [-0.05, 0) is 29.9 Å². The third-order valence-electron chi connectivity index (χ3n) is 5.03. The van der Waals surface area contributed by atoms with E-state index in [0.29, 0.717) is 24.2 Å². The summed E-state index contributed by atoms with van der Waals surface area (Å²) in [7, 11) is 0. The zero-order valence-corrected chi connectivity index (χ0v) is 12.1. The Bertz CT molecular complexity index is 651. The molecule has 0 saturated carbocycles. The number of benzene rings is 1. The van der Waals surface area contributed by atoms with Crippen molar-refractivity contribution < 1.29 is 4.79 Å². The van der Waals surface area contributed by atoms with Gasteiger partial charge in [-0.1, -0.05) is 18.2 Å². The standard InChI is InChI=1S/C17H21N3O/c21-17(20-10-13-7-18-8-14(13)11-20)6-5-12-9-19-16-4-2-1-3-15(12)16/h1-4,9,13-14,18-19H,5-8,10-11H2. The number of hydrogen-bond acceptors (Lipinski definition) is 2. The lowest BCUT2D eigenvalue weighted by Gasteiger charge is -2.17. The van der Waals surface area contributed by atoms with Gasteiger partial charge in [0, 0.05) is 49.7 Å². The summed E-state index contributed by atoms with van der Waals surface area (Å²) in [5.41, 5.74) is 2.40. The molecule has 4 rings (SSSR count). The molecule has 0 aliphatic carbocycles. The van der Waals surface area contributed by atoms with Crippen molar-refractivity contribution in [2.24, 2.45) is 11.8 Å². The van der Waals surface area contributed by atoms with Crippen molar-refractivity contribution in [1.82, 2.24) is 15.2 Å². The summed E-state index contributed by atoms with van der Waals surface area (Å²) >= 11 is 0. The molecule has 4 nitrogen and oxygen atoms in total. The number of aryl methyl sites for hydroxylation is 1. The highest BCUT2D eigenvalue weighted by molar-refractivity contribution is 5.84. The van der Waals surface area contributed by atoms with Gasteiger partial charge in [-0.2, -0.15) is 0 Å². The molecule has 2 aliphatic rings. The van der Waals surface area contributed by atoms with Crippen molar-refractivity contribution in [3.63, 3.8) is 0 Å². The predicted molar refractivity (Wildman–Crippen MR) is 83.0 cm³/mol. The number of para-hydroxylation sites is 1. The van der Waals surface area contributed by atoms with Gasteiger partial charge in [0.05, 0.1) is 0 Å². The monoisotopic (exact) mass is 283 g/mol. The molecule has 2 N–H and O–H groups in total. The molecule has 1 aromatic carbocycles. The topological polar surface area (TPSA) is 48.1 Å². The maximum absolute atomic E-state index is 12.4. The van der Waals surface area contributed by atoms with Gasteiger partial charge in [0.2, 0.25) is 5.91 Å². The molecule has 4 heteroatoms. The first-order valence-electron chi connectivity index (χ1n) is 7.85. The fraction of sp³-hybridized carbons (Fsp3) is 0.471. The molecule has 0 spiro atoms. The minimum absolute atomic E-state index is 0.315. The van der Waals surface area contributed by atoms with Gasteiger partial charge in [-0.25, -0.2) is 0 Å². The number of aromatic nitrogens is 1. The average Bonchev–Trinajstić information content (AvgIpc) is 3.18. The van der Waals surface area contributed by atoms with E-state index < -0.39 is 0 Å². The largest absolute Gasteiger partial charge is 0.361 e. The number of hydrogen-bond donors (Lipinski definition) is 2. The lowest BCUT2D eigenvalue weighted by Crippen LogP contribution is -2.31. The maximum Gasteiger partial charge on any atom is 0.222 e. The molecule has 2 unspecified atom stereocenters. The Morgan fingerprint density at radius 1 is 1.19 bits per heavy atom. The summed E-state index contributed by atoms with van der Waals surface area (Å²) in [5.74, 6) is 1.68. The van der Waals surface area contributed by atoms with Crippen LogP contribution in [0, 0.1) is 11.8 Å². The minimum atomic E-state index is 0.315. The average molecular weight is 283 g/mol. The molecular weight excluding hydrogens is 262 g/mol. The van der Waals surface area contributed by atoms with Crippen LogP contribution in [-0.4, -0.2) is 42.0 Å². The number of H-pyrrole nitrogens is 1. The van der Waals surface area contributed by atoms with Gasteiger partial charge >= 0.3 is 0 Å². The highest BCUT2D eigenvalue weighted by Crippen LogP contribution is 2.27. The molecule has 3 heterocycles. The van der Waals surface area contributed by atoms with Crippen LogP contribution in [0.3, 0.4) is 0 Å². The Morgan fingerprint density at radius 3 is 2.76 bits per heavy atom. The summed E-state index contributed by atoms with van der Waals surface area (Å²) in [6.45, 7) is 4.06. The van der Waals surface area contributed by atoms with Crippen LogP contribution in [0.2, 0.25) is 0 Å². The van der Waals surface area contributed by atoms with Gasteiger partial charge in [-0.3, -0.25) is 4.79 Å². The molecule has 0 bridgehead atoms. The quantitative estimate of drug-likeness (QED) is 0.902. The van der Waals surface area contributed by atoms with Crippen LogP contribution in [0.15, 0.2) is 30.5 Å². The second kappa shape index (κ2) is 5.19. The molecule has 1 amide bonds. The molecule has 21 heavy (non-hydrogen) atoms. The molecule has 2 aromatic rings. The number of nitrogens with one attached hydrogen (secondary N) is 2. The number of carbonyl (C=O) groups excluding carboxylic acids is 1. The predicted octanol–water partition coefficient (Wildman–Crippen LogP) is 1.78. The van der Waals surface area contributed by atoms with Crippen LogP contribution in [0.1, 0.15) is 12.0 Å². The molecular formula is C17H21N3O. The van der Waals surface area contributed by atoms with Crippen molar-refractivity contribution >= 4 is 16.8 Å². The Balaban J connectivity index is 1.39. The van der Waals surface area contributed by atoms with Crippen LogP contribution in [-0.2, 0) is 11.2 Å². The van der Waals surface area contributed by atoms with Gasteiger partial charge in [0.25, 0.3) is 0 Å². The summed E-state index contributed by atoms with van der Waals surface area (Å²) in [6, 6.07) is 8.29. The number of likely N-dealkylation sites (tertiary alicyclic amines) is 1. The van der Waals surface area contributed by atoms with Crippen molar-refractivity contribution in [3.8, 4) is 0 Å². The number of amides is 1. The van der Waals surface area contributed by atoms with Gasteiger partial charge in [0.1, 0.15) is 0 Å². The highest BCUT2D eigenvalue weighted by Gasteiger charge is 2.37. The number of carbonyl (C=O) groups is 1. The molecule has 2 saturated heterocycles. The van der Waals surface area contributed by atoms with Crippen LogP contribution in [0.4, 0.5) is 0 Å². The van der Waals surface area contributed by atoms with Crippen LogP contribution in [0.5, 0.6) is 0 Å². The SMILES string of the molecule is O=C(CCc1c[nH]c2ccccc12)N1CC2CNCC2C1. The van der Waals surface area contributed by atoms with Crippen molar-refractivity contribution in [2.75, 3.05) is 26.2 Å². The summed E-state index contributed by atoms with van der Waals surface area (Å²) in [6.07, 6.45) is 3.49. The van der Waals surface area contributed by atoms with E-state index in [9.17, 15) is 4.79 Å². The number of aromatic amines is 1. The minimum Gasteiger partial charge on any atom is -0.361 e. The van der Waals surface area contributed by atoms with Crippen molar-refractivity contribution in [2.45, 2.75) is 12.8 Å². The zero-order valence-electron chi connectivity index (χ0n) is 12.1. The Hall–Kier alpha value is -1.81. The number of fused-ring (bicyclic) bond motifs is 2. The summed E-state index contributed by atoms with van der Waals surface area (Å²) < 4.78 is 0. The molecule has 1 aromatic heterocycles. The Morgan fingerprint density at radius 2 is 1.95 bits per heavy atom. The van der Waals surface area contributed by atoms with Crippen LogP contribution in [0.25, 0.3) is 10.9 Å². The number of nitrogens with zero attached hydrogens (tertiary/aromatic N) is 1. The van der Waals surface area contributed by atoms with E-state index in [1.54, 1.807) is 0 Å². The first kappa shape index (κ1) is 12.9. The summed E-state index contributed by atoms with van der Waals surface area (Å²) in [4.78, 5) is 17.8. The second-order valence-electron chi connectivity index (χ2n) is 6.34. The lowest BCUT2D eigenvalue weighted by molar-refractivity contribution is -0.130. The van der Waals surface area contributed by atoms with E-state index in [0.717, 1.165) is 38.1 Å². The molecule has 2 fully saturated rings. The Labute approximate surface area is 124 Å². The van der Waals surface area contributed by atoms with E-state index >= 15 is 0 Å². The summed E-state index contributed by atoms with van der Waals surface area (Å²) in [5, 5.41) is 4.66. The van der Waals surface area contributed by atoms with Gasteiger partial charge in [-0.15, -0.1) is 0 Å². The molecule has 110 valence electrons. The van der Waals surface area contributed by atoms with Crippen LogP contribution >= 0.6 is 0 Å². The first-order chi connectivity index (χ1) is 10.3. The lowest BCUT2D eigenvalue weighted by atomic mass is 10.0. The van der Waals surface area contributed by atoms with E-state index in [2.05, 4.69) is 33.4 Å². The van der Waals surface area contributed by atoms with E-state index in [-0.39, 0.29) is 0 Å². The number of rotatable bonds is 3. The molecule has 2 atom stereocenters. The second-order valence-corrected chi connectivity index (χ2v) is 6.34. The fourth-order valence-electron chi connectivity index (χ4n) is 3.80. The normalized spacial score (nSPS) is 24.7. The first-order valence-corrected chi connectivity index (χ1v) is 7.85. The highest BCUT2D eigenvalue weighted by atomic mass is 16.2. The van der Waals surface area contributed by atoms with E-state index in [4.69, 9.17) is 0 Å². The van der Waals surface area contributed by atoms with Gasteiger partial charge < -0.3 is 15.2 Å². The third kappa shape index (κ3) is 2.33. The molecule has 0 radical (unpaired) electrons.